The predicted molar refractivity (Wildman–Crippen MR) is 86.9 cm³/mol. The lowest BCUT2D eigenvalue weighted by molar-refractivity contribution is 0.519. The van der Waals surface area contributed by atoms with Crippen LogP contribution in [0.2, 0.25) is 0 Å². The van der Waals surface area contributed by atoms with Gasteiger partial charge in [-0.2, -0.15) is 0 Å². The van der Waals surface area contributed by atoms with Crippen LogP contribution in [0.5, 0.6) is 5.75 Å². The summed E-state index contributed by atoms with van der Waals surface area (Å²) in [7, 11) is 0. The molecule has 1 atom stereocenters. The monoisotopic (exact) mass is 274 g/mol. The van der Waals surface area contributed by atoms with E-state index in [0.29, 0.717) is 5.92 Å². The quantitative estimate of drug-likeness (QED) is 0.751. The summed E-state index contributed by atoms with van der Waals surface area (Å²) in [6.45, 7) is 3.99. The lowest BCUT2D eigenvalue weighted by atomic mass is 9.94. The van der Waals surface area contributed by atoms with Gasteiger partial charge in [-0.25, -0.2) is 0 Å². The molecule has 0 saturated carbocycles. The highest BCUT2D eigenvalue weighted by molar-refractivity contribution is 5.31. The van der Waals surface area contributed by atoms with Crippen molar-refractivity contribution in [2.24, 2.45) is 0 Å². The second-order valence-electron chi connectivity index (χ2n) is 4.86. The minimum atomic E-state index is 0.498. The van der Waals surface area contributed by atoms with Crippen molar-refractivity contribution in [1.29, 1.82) is 0 Å². The first kappa shape index (κ1) is 14.8. The topological polar surface area (TPSA) is 9.23 Å². The van der Waals surface area contributed by atoms with Crippen LogP contribution in [0, 0.1) is 23.9 Å². The molecule has 2 rings (SSSR count). The molecule has 0 unspecified atom stereocenters. The van der Waals surface area contributed by atoms with Crippen LogP contribution in [0.25, 0.3) is 0 Å². The zero-order chi connectivity index (χ0) is 14.9. The molecule has 0 aliphatic heterocycles. The summed E-state index contributed by atoms with van der Waals surface area (Å²) in [5.74, 6) is 9.20. The standard InChI is InChI=1S/C20H18O/c1-3-4-8-15-21-20-13-11-18(12-14-20)16-17(2)19-9-6-5-7-10-19/h5-7,9-14,17H,16H2,1-2H3/t17-/m0/s1. The van der Waals surface area contributed by atoms with E-state index >= 15 is 0 Å². The molecular weight excluding hydrogens is 256 g/mol. The van der Waals surface area contributed by atoms with Crippen LogP contribution in [-0.4, -0.2) is 0 Å². The van der Waals surface area contributed by atoms with E-state index in [0.717, 1.165) is 12.2 Å². The van der Waals surface area contributed by atoms with Crippen molar-refractivity contribution in [3.05, 3.63) is 65.7 Å². The first-order chi connectivity index (χ1) is 10.3. The van der Waals surface area contributed by atoms with Crippen LogP contribution in [0.3, 0.4) is 0 Å². The summed E-state index contributed by atoms with van der Waals surface area (Å²) in [5.41, 5.74) is 2.65. The average Bonchev–Trinajstić information content (AvgIpc) is 2.54. The average molecular weight is 274 g/mol. The van der Waals surface area contributed by atoms with E-state index in [1.54, 1.807) is 6.92 Å². The first-order valence-corrected chi connectivity index (χ1v) is 7.02. The number of rotatable bonds is 4. The third-order valence-corrected chi connectivity index (χ3v) is 3.24. The minimum absolute atomic E-state index is 0.498. The van der Waals surface area contributed by atoms with Crippen molar-refractivity contribution in [3.8, 4) is 29.6 Å². The molecule has 21 heavy (non-hydrogen) atoms. The maximum absolute atomic E-state index is 5.29. The molecule has 0 aromatic heterocycles. The molecule has 0 bridgehead atoms. The Morgan fingerprint density at radius 2 is 1.67 bits per heavy atom. The molecule has 0 N–H and O–H groups in total. The van der Waals surface area contributed by atoms with Gasteiger partial charge in [0, 0.05) is 5.92 Å². The third kappa shape index (κ3) is 4.75. The van der Waals surface area contributed by atoms with Crippen molar-refractivity contribution >= 4 is 0 Å². The van der Waals surface area contributed by atoms with Gasteiger partial charge in [0.25, 0.3) is 0 Å². The SMILES string of the molecule is CC#CC#COc1ccc(C[C@H](C)c2ccccc2)cc1. The molecule has 0 heterocycles. The molecule has 0 radical (unpaired) electrons. The van der Waals surface area contributed by atoms with Crippen LogP contribution < -0.4 is 4.74 Å². The Hall–Kier alpha value is -2.64. The van der Waals surface area contributed by atoms with Crippen molar-refractivity contribution in [3.63, 3.8) is 0 Å². The molecular formula is C20H18O. The number of hydrogen-bond donors (Lipinski definition) is 0. The Bertz CT molecular complexity index is 676. The zero-order valence-corrected chi connectivity index (χ0v) is 12.4. The lowest BCUT2D eigenvalue weighted by Gasteiger charge is -2.12. The van der Waals surface area contributed by atoms with E-state index in [1.807, 2.05) is 18.2 Å². The van der Waals surface area contributed by atoms with Gasteiger partial charge in [-0.3, -0.25) is 0 Å². The molecule has 0 amide bonds. The summed E-state index contributed by atoms with van der Waals surface area (Å²) in [6.07, 6.45) is 3.58. The van der Waals surface area contributed by atoms with Crippen molar-refractivity contribution in [2.45, 2.75) is 26.2 Å². The van der Waals surface area contributed by atoms with Crippen LogP contribution in [0.15, 0.2) is 54.6 Å². The van der Waals surface area contributed by atoms with E-state index in [1.165, 1.54) is 11.1 Å². The highest BCUT2D eigenvalue weighted by Gasteiger charge is 2.06. The van der Waals surface area contributed by atoms with E-state index < -0.39 is 0 Å². The molecule has 1 heteroatoms. The van der Waals surface area contributed by atoms with Crippen molar-refractivity contribution in [1.82, 2.24) is 0 Å². The molecule has 0 saturated heterocycles. The largest absolute Gasteiger partial charge is 0.407 e. The maximum Gasteiger partial charge on any atom is 0.140 e. The summed E-state index contributed by atoms with van der Waals surface area (Å²) < 4.78 is 5.29. The van der Waals surface area contributed by atoms with Gasteiger partial charge in [-0.05, 0) is 48.4 Å². The number of ether oxygens (including phenoxy) is 1. The van der Waals surface area contributed by atoms with Crippen molar-refractivity contribution < 1.29 is 4.74 Å². The van der Waals surface area contributed by atoms with Gasteiger partial charge in [0.1, 0.15) is 11.9 Å². The van der Waals surface area contributed by atoms with E-state index in [9.17, 15) is 0 Å². The Morgan fingerprint density at radius 3 is 2.33 bits per heavy atom. The minimum Gasteiger partial charge on any atom is -0.407 e. The highest BCUT2D eigenvalue weighted by atomic mass is 16.5. The Morgan fingerprint density at radius 1 is 0.952 bits per heavy atom. The third-order valence-electron chi connectivity index (χ3n) is 3.24. The molecule has 0 aliphatic carbocycles. The molecule has 2 aromatic carbocycles. The lowest BCUT2D eigenvalue weighted by Crippen LogP contribution is -1.98. The van der Waals surface area contributed by atoms with Crippen LogP contribution >= 0.6 is 0 Å². The normalized spacial score (nSPS) is 10.6. The van der Waals surface area contributed by atoms with Gasteiger partial charge in [0.15, 0.2) is 0 Å². The summed E-state index contributed by atoms with van der Waals surface area (Å²) in [4.78, 5) is 0. The molecule has 1 nitrogen and oxygen atoms in total. The molecule has 0 aliphatic rings. The van der Waals surface area contributed by atoms with Gasteiger partial charge in [0.05, 0.1) is 0 Å². The fraction of sp³-hybridized carbons (Fsp3) is 0.200. The summed E-state index contributed by atoms with van der Waals surface area (Å²) in [5, 5.41) is 0. The molecule has 104 valence electrons. The fourth-order valence-corrected chi connectivity index (χ4v) is 2.12. The van der Waals surface area contributed by atoms with Gasteiger partial charge in [-0.1, -0.05) is 55.3 Å². The fourth-order valence-electron chi connectivity index (χ4n) is 2.12. The highest BCUT2D eigenvalue weighted by Crippen LogP contribution is 2.21. The summed E-state index contributed by atoms with van der Waals surface area (Å²) >= 11 is 0. The van der Waals surface area contributed by atoms with E-state index in [-0.39, 0.29) is 0 Å². The Balaban J connectivity index is 1.96. The second-order valence-corrected chi connectivity index (χ2v) is 4.86. The molecule has 2 aromatic rings. The second kappa shape index (κ2) is 7.83. The smallest absolute Gasteiger partial charge is 0.140 e. The van der Waals surface area contributed by atoms with Crippen molar-refractivity contribution in [2.75, 3.05) is 0 Å². The molecule has 0 fully saturated rings. The maximum atomic E-state index is 5.29. The number of benzene rings is 2. The Kier molecular flexibility index (Phi) is 5.50. The van der Waals surface area contributed by atoms with E-state index in [4.69, 9.17) is 4.74 Å². The molecule has 0 spiro atoms. The van der Waals surface area contributed by atoms with Crippen LogP contribution in [-0.2, 0) is 6.42 Å². The van der Waals surface area contributed by atoms with Crippen LogP contribution in [0.4, 0.5) is 0 Å². The summed E-state index contributed by atoms with van der Waals surface area (Å²) in [6, 6.07) is 18.6. The van der Waals surface area contributed by atoms with Gasteiger partial charge < -0.3 is 4.74 Å². The van der Waals surface area contributed by atoms with Crippen LogP contribution in [0.1, 0.15) is 30.9 Å². The predicted octanol–water partition coefficient (Wildman–Crippen LogP) is 4.40. The van der Waals surface area contributed by atoms with E-state index in [2.05, 4.69) is 67.2 Å². The Labute approximate surface area is 127 Å². The van der Waals surface area contributed by atoms with Gasteiger partial charge >= 0.3 is 0 Å². The van der Waals surface area contributed by atoms with Gasteiger partial charge in [0.2, 0.25) is 0 Å². The number of hydrogen-bond acceptors (Lipinski definition) is 1. The first-order valence-electron chi connectivity index (χ1n) is 7.02. The van der Waals surface area contributed by atoms with Gasteiger partial charge in [-0.15, -0.1) is 0 Å². The zero-order valence-electron chi connectivity index (χ0n) is 12.4.